The van der Waals surface area contributed by atoms with Crippen LogP contribution in [0.2, 0.25) is 0 Å². The minimum atomic E-state index is 0.110. The van der Waals surface area contributed by atoms with E-state index in [0.29, 0.717) is 0 Å². The second-order valence-corrected chi connectivity index (χ2v) is 9.50. The normalized spacial score (nSPS) is 14.4. The number of thiazole rings is 1. The standard InChI is InChI=1S/C17H26N2S2/c1-16(2,3)12-10-20-15(19-12)14(18-7)11-8-9-13(21-11)17(4,5)6/h8-10,14,18H,1-7H3. The van der Waals surface area contributed by atoms with Gasteiger partial charge in [0.1, 0.15) is 5.01 Å². The molecule has 2 rings (SSSR count). The summed E-state index contributed by atoms with van der Waals surface area (Å²) in [5, 5.41) is 6.77. The Hall–Kier alpha value is -0.710. The van der Waals surface area contributed by atoms with Crippen LogP contribution in [0.1, 0.15) is 68.0 Å². The fourth-order valence-corrected chi connectivity index (χ4v) is 4.49. The van der Waals surface area contributed by atoms with Crippen LogP contribution in [0, 0.1) is 0 Å². The zero-order chi connectivity index (χ0) is 15.8. The Bertz CT molecular complexity index is 545. The van der Waals surface area contributed by atoms with Crippen LogP contribution in [0.15, 0.2) is 17.5 Å². The Morgan fingerprint density at radius 3 is 2.14 bits per heavy atom. The molecule has 0 aliphatic rings. The van der Waals surface area contributed by atoms with Crippen LogP contribution in [0.25, 0.3) is 0 Å². The summed E-state index contributed by atoms with van der Waals surface area (Å²) in [6.45, 7) is 13.4. The van der Waals surface area contributed by atoms with Gasteiger partial charge in [0.25, 0.3) is 0 Å². The van der Waals surface area contributed by atoms with Crippen LogP contribution in [-0.4, -0.2) is 12.0 Å². The lowest BCUT2D eigenvalue weighted by Gasteiger charge is -2.17. The summed E-state index contributed by atoms with van der Waals surface area (Å²) in [4.78, 5) is 7.63. The zero-order valence-corrected chi connectivity index (χ0v) is 15.7. The molecule has 21 heavy (non-hydrogen) atoms. The van der Waals surface area contributed by atoms with Gasteiger partial charge in [0.15, 0.2) is 0 Å². The van der Waals surface area contributed by atoms with Crippen LogP contribution >= 0.6 is 22.7 Å². The van der Waals surface area contributed by atoms with Gasteiger partial charge in [-0.2, -0.15) is 0 Å². The monoisotopic (exact) mass is 322 g/mol. The highest BCUT2D eigenvalue weighted by atomic mass is 32.1. The molecule has 2 nitrogen and oxygen atoms in total. The first-order valence-electron chi connectivity index (χ1n) is 7.36. The average Bonchev–Trinajstić information content (AvgIpc) is 2.96. The number of aromatic nitrogens is 1. The second-order valence-electron chi connectivity index (χ2n) is 7.49. The molecule has 2 heterocycles. The Morgan fingerprint density at radius 2 is 1.71 bits per heavy atom. The maximum atomic E-state index is 4.86. The summed E-state index contributed by atoms with van der Waals surface area (Å²) in [5.41, 5.74) is 1.50. The van der Waals surface area contributed by atoms with Gasteiger partial charge in [0.2, 0.25) is 0 Å². The first kappa shape index (κ1) is 16.7. The smallest absolute Gasteiger partial charge is 0.115 e. The van der Waals surface area contributed by atoms with Gasteiger partial charge in [0, 0.05) is 20.5 Å². The number of nitrogens with zero attached hydrogens (tertiary/aromatic N) is 1. The molecule has 0 spiro atoms. The first-order valence-corrected chi connectivity index (χ1v) is 9.06. The topological polar surface area (TPSA) is 24.9 Å². The van der Waals surface area contributed by atoms with Crippen molar-refractivity contribution in [1.29, 1.82) is 0 Å². The maximum Gasteiger partial charge on any atom is 0.115 e. The summed E-state index contributed by atoms with van der Waals surface area (Å²) in [7, 11) is 2.01. The van der Waals surface area contributed by atoms with Crippen LogP contribution in [0.5, 0.6) is 0 Å². The molecule has 4 heteroatoms. The highest BCUT2D eigenvalue weighted by Gasteiger charge is 2.24. The third-order valence-electron chi connectivity index (χ3n) is 3.48. The Kier molecular flexibility index (Phi) is 4.62. The molecule has 0 amide bonds. The minimum absolute atomic E-state index is 0.110. The molecule has 1 N–H and O–H groups in total. The Morgan fingerprint density at radius 1 is 1.05 bits per heavy atom. The molecule has 0 bridgehead atoms. The predicted molar refractivity (Wildman–Crippen MR) is 94.7 cm³/mol. The number of thiophene rings is 1. The van der Waals surface area contributed by atoms with Gasteiger partial charge in [-0.3, -0.25) is 0 Å². The van der Waals surface area contributed by atoms with Crippen molar-refractivity contribution in [2.45, 2.75) is 58.4 Å². The van der Waals surface area contributed by atoms with Gasteiger partial charge >= 0.3 is 0 Å². The molecular weight excluding hydrogens is 296 g/mol. The van der Waals surface area contributed by atoms with Crippen LogP contribution in [0.3, 0.4) is 0 Å². The molecule has 0 aliphatic heterocycles. The SMILES string of the molecule is CNC(c1ccc(C(C)(C)C)s1)c1nc(C(C)(C)C)cs1. The van der Waals surface area contributed by atoms with E-state index in [4.69, 9.17) is 4.98 Å². The fraction of sp³-hybridized carbons (Fsp3) is 0.588. The largest absolute Gasteiger partial charge is 0.307 e. The van der Waals surface area contributed by atoms with Gasteiger partial charge in [0.05, 0.1) is 11.7 Å². The molecule has 0 radical (unpaired) electrons. The van der Waals surface area contributed by atoms with Crippen molar-refractivity contribution >= 4 is 22.7 Å². The van der Waals surface area contributed by atoms with Crippen molar-refractivity contribution in [3.8, 4) is 0 Å². The Labute approximate surface area is 136 Å². The first-order chi connectivity index (χ1) is 9.63. The number of rotatable bonds is 3. The van der Waals surface area contributed by atoms with Crippen LogP contribution < -0.4 is 5.32 Å². The molecule has 0 aromatic carbocycles. The van der Waals surface area contributed by atoms with E-state index in [2.05, 4.69) is 64.4 Å². The van der Waals surface area contributed by atoms with E-state index in [-0.39, 0.29) is 16.9 Å². The molecule has 1 unspecified atom stereocenters. The lowest BCUT2D eigenvalue weighted by atomic mass is 9.93. The van der Waals surface area contributed by atoms with E-state index in [0.717, 1.165) is 5.01 Å². The third kappa shape index (κ3) is 3.74. The number of hydrogen-bond acceptors (Lipinski definition) is 4. The van der Waals surface area contributed by atoms with Crippen LogP contribution in [0.4, 0.5) is 0 Å². The summed E-state index contributed by atoms with van der Waals surface area (Å²) >= 11 is 3.64. The molecule has 0 saturated heterocycles. The predicted octanol–water partition coefficient (Wildman–Crippen LogP) is 5.11. The van der Waals surface area contributed by atoms with Crippen molar-refractivity contribution in [3.63, 3.8) is 0 Å². The fourth-order valence-electron chi connectivity index (χ4n) is 2.06. The highest BCUT2D eigenvalue weighted by Crippen LogP contribution is 2.36. The third-order valence-corrected chi connectivity index (χ3v) is 5.96. The molecule has 1 atom stereocenters. The van der Waals surface area contributed by atoms with Gasteiger partial charge < -0.3 is 5.32 Å². The van der Waals surface area contributed by atoms with E-state index in [1.54, 1.807) is 11.3 Å². The summed E-state index contributed by atoms with van der Waals surface area (Å²) in [5.74, 6) is 0. The van der Waals surface area contributed by atoms with E-state index in [1.165, 1.54) is 15.4 Å². The molecule has 0 aliphatic carbocycles. The molecule has 116 valence electrons. The summed E-state index contributed by atoms with van der Waals surface area (Å²) in [6, 6.07) is 4.69. The minimum Gasteiger partial charge on any atom is -0.307 e. The van der Waals surface area contributed by atoms with Crippen molar-refractivity contribution < 1.29 is 0 Å². The average molecular weight is 323 g/mol. The van der Waals surface area contributed by atoms with Crippen molar-refractivity contribution in [1.82, 2.24) is 10.3 Å². The number of nitrogens with one attached hydrogen (secondary N) is 1. The molecule has 2 aromatic heterocycles. The van der Waals surface area contributed by atoms with E-state index >= 15 is 0 Å². The zero-order valence-electron chi connectivity index (χ0n) is 14.1. The quantitative estimate of drug-likeness (QED) is 0.849. The Balaban J connectivity index is 2.32. The van der Waals surface area contributed by atoms with Crippen molar-refractivity contribution in [3.05, 3.63) is 38.0 Å². The molecule has 2 aromatic rings. The van der Waals surface area contributed by atoms with Gasteiger partial charge in [-0.05, 0) is 24.6 Å². The highest BCUT2D eigenvalue weighted by molar-refractivity contribution is 7.13. The molecule has 0 saturated carbocycles. The van der Waals surface area contributed by atoms with Gasteiger partial charge in [-0.1, -0.05) is 41.5 Å². The second kappa shape index (κ2) is 5.82. The van der Waals surface area contributed by atoms with Crippen molar-refractivity contribution in [2.75, 3.05) is 7.05 Å². The number of hydrogen-bond donors (Lipinski definition) is 1. The molecule has 0 fully saturated rings. The lowest BCUT2D eigenvalue weighted by molar-refractivity contribution is 0.566. The van der Waals surface area contributed by atoms with Gasteiger partial charge in [-0.15, -0.1) is 22.7 Å². The molecular formula is C17H26N2S2. The lowest BCUT2D eigenvalue weighted by Crippen LogP contribution is -2.18. The van der Waals surface area contributed by atoms with E-state index in [1.807, 2.05) is 18.4 Å². The van der Waals surface area contributed by atoms with Gasteiger partial charge in [-0.25, -0.2) is 4.98 Å². The van der Waals surface area contributed by atoms with E-state index < -0.39 is 0 Å². The van der Waals surface area contributed by atoms with E-state index in [9.17, 15) is 0 Å². The maximum absolute atomic E-state index is 4.86. The van der Waals surface area contributed by atoms with Crippen LogP contribution in [-0.2, 0) is 10.8 Å². The summed E-state index contributed by atoms with van der Waals surface area (Å²) < 4.78 is 0. The van der Waals surface area contributed by atoms with Crippen molar-refractivity contribution in [2.24, 2.45) is 0 Å². The summed E-state index contributed by atoms with van der Waals surface area (Å²) in [6.07, 6.45) is 0.